The molecule has 1 aromatic heterocycles. The number of aryl methyl sites for hydroxylation is 2. The van der Waals surface area contributed by atoms with E-state index < -0.39 is 0 Å². The topological polar surface area (TPSA) is 68.5 Å². The van der Waals surface area contributed by atoms with Crippen molar-refractivity contribution in [1.29, 1.82) is 0 Å². The summed E-state index contributed by atoms with van der Waals surface area (Å²) in [6, 6.07) is 9.45. The summed E-state index contributed by atoms with van der Waals surface area (Å²) in [5.74, 6) is 0.537. The van der Waals surface area contributed by atoms with Gasteiger partial charge < -0.3 is 4.74 Å². The van der Waals surface area contributed by atoms with Gasteiger partial charge in [-0.2, -0.15) is 10.2 Å². The Hall–Kier alpha value is -2.63. The third kappa shape index (κ3) is 3.94. The molecule has 116 valence electrons. The molecule has 22 heavy (non-hydrogen) atoms. The zero-order chi connectivity index (χ0) is 16.1. The fraction of sp³-hybridized carbons (Fsp3) is 0.312. The summed E-state index contributed by atoms with van der Waals surface area (Å²) in [5.41, 5.74) is 5.99. The third-order valence-electron chi connectivity index (χ3n) is 3.23. The van der Waals surface area contributed by atoms with Gasteiger partial charge in [-0.3, -0.25) is 9.48 Å². The Bertz CT molecular complexity index is 704. The van der Waals surface area contributed by atoms with Gasteiger partial charge in [-0.1, -0.05) is 12.1 Å². The van der Waals surface area contributed by atoms with Gasteiger partial charge in [0.25, 0.3) is 5.91 Å². The molecule has 0 spiro atoms. The van der Waals surface area contributed by atoms with Crippen LogP contribution in [0.4, 0.5) is 0 Å². The molecule has 0 bridgehead atoms. The summed E-state index contributed by atoms with van der Waals surface area (Å²) in [6.45, 7) is 5.79. The summed E-state index contributed by atoms with van der Waals surface area (Å²) in [6.07, 6.45) is 0. The molecule has 0 aliphatic heterocycles. The summed E-state index contributed by atoms with van der Waals surface area (Å²) in [7, 11) is 1.61. The molecule has 0 atom stereocenters. The average Bonchev–Trinajstić information content (AvgIpc) is 2.82. The molecule has 0 unspecified atom stereocenters. The second kappa shape index (κ2) is 6.89. The van der Waals surface area contributed by atoms with Crippen LogP contribution < -0.4 is 10.2 Å². The number of carbonyl (C=O) groups is 1. The lowest BCUT2D eigenvalue weighted by Gasteiger charge is -2.06. The van der Waals surface area contributed by atoms with Crippen molar-refractivity contribution < 1.29 is 9.53 Å². The molecule has 0 aliphatic carbocycles. The summed E-state index contributed by atoms with van der Waals surface area (Å²) in [4.78, 5) is 11.9. The van der Waals surface area contributed by atoms with E-state index >= 15 is 0 Å². The number of ether oxygens (including phenoxy) is 1. The molecule has 1 aromatic carbocycles. The Labute approximate surface area is 129 Å². The lowest BCUT2D eigenvalue weighted by Crippen LogP contribution is -2.25. The summed E-state index contributed by atoms with van der Waals surface area (Å²) < 4.78 is 6.82. The van der Waals surface area contributed by atoms with Gasteiger partial charge in [0.2, 0.25) is 0 Å². The number of amides is 1. The molecule has 6 nitrogen and oxygen atoms in total. The molecule has 1 heterocycles. The highest BCUT2D eigenvalue weighted by atomic mass is 16.5. The van der Waals surface area contributed by atoms with Crippen LogP contribution >= 0.6 is 0 Å². The van der Waals surface area contributed by atoms with Gasteiger partial charge in [-0.15, -0.1) is 0 Å². The first kappa shape index (κ1) is 15.8. The van der Waals surface area contributed by atoms with E-state index in [2.05, 4.69) is 15.6 Å². The smallest absolute Gasteiger partial charge is 0.261 e. The number of methoxy groups -OCH3 is 1. The lowest BCUT2D eigenvalue weighted by atomic mass is 10.1. The fourth-order valence-electron chi connectivity index (χ4n) is 2.07. The molecule has 0 saturated carbocycles. The number of nitrogens with one attached hydrogen (secondary N) is 1. The molecular weight excluding hydrogens is 280 g/mol. The summed E-state index contributed by atoms with van der Waals surface area (Å²) >= 11 is 0. The second-order valence-electron chi connectivity index (χ2n) is 5.05. The van der Waals surface area contributed by atoms with Gasteiger partial charge in [0.05, 0.1) is 18.5 Å². The molecule has 2 rings (SSSR count). The maximum absolute atomic E-state index is 11.9. The van der Waals surface area contributed by atoms with Crippen LogP contribution in [0.3, 0.4) is 0 Å². The van der Waals surface area contributed by atoms with Crippen molar-refractivity contribution in [3.63, 3.8) is 0 Å². The number of carbonyl (C=O) groups excluding carboxylic acids is 1. The molecule has 6 heteroatoms. The minimum atomic E-state index is -0.214. The number of nitrogens with zero attached hydrogens (tertiary/aromatic N) is 3. The normalized spacial score (nSPS) is 11.4. The van der Waals surface area contributed by atoms with Gasteiger partial charge in [0.1, 0.15) is 12.3 Å². The first-order valence-electron chi connectivity index (χ1n) is 6.98. The van der Waals surface area contributed by atoms with Crippen LogP contribution in [0.5, 0.6) is 5.75 Å². The minimum absolute atomic E-state index is 0.147. The molecule has 0 fully saturated rings. The lowest BCUT2D eigenvalue weighted by molar-refractivity contribution is -0.121. The van der Waals surface area contributed by atoms with Gasteiger partial charge in [-0.25, -0.2) is 5.43 Å². The van der Waals surface area contributed by atoms with E-state index in [9.17, 15) is 4.79 Å². The van der Waals surface area contributed by atoms with E-state index in [1.54, 1.807) is 11.8 Å². The number of rotatable bonds is 5. The maximum Gasteiger partial charge on any atom is 0.261 e. The third-order valence-corrected chi connectivity index (χ3v) is 3.23. The number of benzene rings is 1. The number of hydrogen-bond donors (Lipinski definition) is 1. The first-order chi connectivity index (χ1) is 10.5. The first-order valence-corrected chi connectivity index (χ1v) is 6.98. The fourth-order valence-corrected chi connectivity index (χ4v) is 2.07. The average molecular weight is 300 g/mol. The minimum Gasteiger partial charge on any atom is -0.497 e. The standard InChI is InChI=1S/C16H20N4O2/c1-11-8-12(2)20(19-11)10-16(21)18-17-13(3)14-6-5-7-15(9-14)22-4/h5-9H,10H2,1-4H3,(H,18,21)/b17-13+. The van der Waals surface area contributed by atoms with Crippen molar-refractivity contribution in [2.75, 3.05) is 7.11 Å². The SMILES string of the molecule is COc1cccc(/C(C)=N/NC(=O)Cn2nc(C)cc2C)c1. The Kier molecular flexibility index (Phi) is 4.93. The molecule has 1 amide bonds. The molecule has 2 aromatic rings. The van der Waals surface area contributed by atoms with Crippen molar-refractivity contribution in [1.82, 2.24) is 15.2 Å². The maximum atomic E-state index is 11.9. The zero-order valence-electron chi connectivity index (χ0n) is 13.3. The number of hydrazone groups is 1. The monoisotopic (exact) mass is 300 g/mol. The second-order valence-corrected chi connectivity index (χ2v) is 5.05. The zero-order valence-corrected chi connectivity index (χ0v) is 13.3. The van der Waals surface area contributed by atoms with Gasteiger partial charge in [-0.05, 0) is 39.0 Å². The van der Waals surface area contributed by atoms with Crippen molar-refractivity contribution in [2.45, 2.75) is 27.3 Å². The van der Waals surface area contributed by atoms with Crippen molar-refractivity contribution >= 4 is 11.6 Å². The highest BCUT2D eigenvalue weighted by molar-refractivity contribution is 5.99. The van der Waals surface area contributed by atoms with Gasteiger partial charge in [0, 0.05) is 11.3 Å². The van der Waals surface area contributed by atoms with Crippen molar-refractivity contribution in [2.24, 2.45) is 5.10 Å². The van der Waals surface area contributed by atoms with E-state index in [-0.39, 0.29) is 12.5 Å². The highest BCUT2D eigenvalue weighted by Crippen LogP contribution is 2.13. The predicted molar refractivity (Wildman–Crippen MR) is 85.0 cm³/mol. The van der Waals surface area contributed by atoms with Crippen LogP contribution in [0.2, 0.25) is 0 Å². The molecule has 0 radical (unpaired) electrons. The van der Waals surface area contributed by atoms with Crippen molar-refractivity contribution in [3.05, 3.63) is 47.3 Å². The predicted octanol–water partition coefficient (Wildman–Crippen LogP) is 2.05. The highest BCUT2D eigenvalue weighted by Gasteiger charge is 2.07. The molecule has 0 saturated heterocycles. The molecular formula is C16H20N4O2. The van der Waals surface area contributed by atoms with Gasteiger partial charge in [0.15, 0.2) is 0 Å². The molecule has 1 N–H and O–H groups in total. The van der Waals surface area contributed by atoms with Crippen LogP contribution in [0.1, 0.15) is 23.9 Å². The van der Waals surface area contributed by atoms with E-state index in [1.165, 1.54) is 0 Å². The number of hydrogen-bond acceptors (Lipinski definition) is 4. The van der Waals surface area contributed by atoms with Crippen LogP contribution in [-0.4, -0.2) is 28.5 Å². The molecule has 0 aliphatic rings. The van der Waals surface area contributed by atoms with E-state index in [4.69, 9.17) is 4.74 Å². The van der Waals surface area contributed by atoms with Crippen LogP contribution in [0.15, 0.2) is 35.4 Å². The summed E-state index contributed by atoms with van der Waals surface area (Å²) in [5, 5.41) is 8.37. The Morgan fingerprint density at radius 2 is 2.14 bits per heavy atom. The van der Waals surface area contributed by atoms with Crippen LogP contribution in [0, 0.1) is 13.8 Å². The number of aromatic nitrogens is 2. The van der Waals surface area contributed by atoms with Crippen LogP contribution in [0.25, 0.3) is 0 Å². The Morgan fingerprint density at radius 1 is 1.36 bits per heavy atom. The quantitative estimate of drug-likeness (QED) is 0.679. The van der Waals surface area contributed by atoms with Crippen molar-refractivity contribution in [3.8, 4) is 5.75 Å². The Morgan fingerprint density at radius 3 is 2.77 bits per heavy atom. The largest absolute Gasteiger partial charge is 0.497 e. The van der Waals surface area contributed by atoms with Gasteiger partial charge >= 0.3 is 0 Å². The van der Waals surface area contributed by atoms with E-state index in [1.807, 2.05) is 51.1 Å². The van der Waals surface area contributed by atoms with E-state index in [0.29, 0.717) is 5.71 Å². The van der Waals surface area contributed by atoms with Crippen LogP contribution in [-0.2, 0) is 11.3 Å². The van der Waals surface area contributed by atoms with E-state index in [0.717, 1.165) is 22.7 Å². The Balaban J connectivity index is 2.00.